The summed E-state index contributed by atoms with van der Waals surface area (Å²) in [5, 5.41) is 0. The van der Waals surface area contributed by atoms with Gasteiger partial charge in [0.15, 0.2) is 0 Å². The monoisotopic (exact) mass is 586 g/mol. The third kappa shape index (κ3) is 5.73. The van der Waals surface area contributed by atoms with Gasteiger partial charge >= 0.3 is 5.97 Å². The van der Waals surface area contributed by atoms with Gasteiger partial charge in [-0.25, -0.2) is 4.79 Å². The third-order valence-electron chi connectivity index (χ3n) is 12.3. The van der Waals surface area contributed by atoms with Crippen molar-refractivity contribution in [3.05, 3.63) is 30.3 Å². The van der Waals surface area contributed by atoms with Crippen LogP contribution in [0.5, 0.6) is 0 Å². The van der Waals surface area contributed by atoms with Crippen LogP contribution in [0.2, 0.25) is 0 Å². The highest BCUT2D eigenvalue weighted by Crippen LogP contribution is 2.68. The molecule has 0 spiro atoms. The molecule has 0 radical (unpaired) electrons. The lowest BCUT2D eigenvalue weighted by Crippen LogP contribution is -2.54. The SMILES string of the molecule is C[C@H](CCCSc1ccccc1)[C@H]1CC[C@H]2[C@@H]3CC[C@@H]4C[C@H](OC(=O)C5SCCS5)CC[C@]4(C)[C@H]3CC[C@]12C. The van der Waals surface area contributed by atoms with Crippen molar-refractivity contribution in [1.82, 2.24) is 0 Å². The molecule has 0 unspecified atom stereocenters. The van der Waals surface area contributed by atoms with Gasteiger partial charge in [-0.3, -0.25) is 0 Å². The van der Waals surface area contributed by atoms with E-state index in [1.165, 1.54) is 68.4 Å². The second-order valence-corrected chi connectivity index (χ2v) is 18.0. The van der Waals surface area contributed by atoms with Gasteiger partial charge in [0, 0.05) is 16.4 Å². The summed E-state index contributed by atoms with van der Waals surface area (Å²) in [6.45, 7) is 7.95. The number of benzene rings is 1. The Hall–Kier alpha value is -0.260. The molecule has 0 bridgehead atoms. The Kier molecular flexibility index (Phi) is 8.99. The zero-order valence-electron chi connectivity index (χ0n) is 24.4. The van der Waals surface area contributed by atoms with Crippen molar-refractivity contribution in [2.24, 2.45) is 46.3 Å². The maximum Gasteiger partial charge on any atom is 0.329 e. The number of carbonyl (C=O) groups excluding carboxylic acids is 1. The van der Waals surface area contributed by atoms with Crippen LogP contribution in [-0.2, 0) is 9.53 Å². The minimum atomic E-state index is 0.0328. The van der Waals surface area contributed by atoms with E-state index in [0.29, 0.717) is 10.8 Å². The molecule has 216 valence electrons. The van der Waals surface area contributed by atoms with Crippen LogP contribution < -0.4 is 0 Å². The number of rotatable bonds is 8. The highest BCUT2D eigenvalue weighted by atomic mass is 32.2. The molecule has 0 N–H and O–H groups in total. The van der Waals surface area contributed by atoms with Crippen molar-refractivity contribution in [2.75, 3.05) is 17.3 Å². The highest BCUT2D eigenvalue weighted by molar-refractivity contribution is 8.21. The number of hydrogen-bond donors (Lipinski definition) is 0. The molecule has 1 aromatic carbocycles. The van der Waals surface area contributed by atoms with Crippen molar-refractivity contribution < 1.29 is 9.53 Å². The smallest absolute Gasteiger partial charge is 0.329 e. The van der Waals surface area contributed by atoms with E-state index < -0.39 is 0 Å². The number of ether oxygens (including phenoxy) is 1. The van der Waals surface area contributed by atoms with Crippen LogP contribution in [0.15, 0.2) is 35.2 Å². The second-order valence-electron chi connectivity index (χ2n) is 14.1. The van der Waals surface area contributed by atoms with E-state index in [4.69, 9.17) is 4.74 Å². The first-order valence-corrected chi connectivity index (χ1v) is 19.1. The van der Waals surface area contributed by atoms with Crippen LogP contribution in [0.1, 0.15) is 91.4 Å². The Labute approximate surface area is 250 Å². The average Bonchev–Trinajstić information content (AvgIpc) is 3.60. The zero-order chi connectivity index (χ0) is 27.0. The molecule has 5 heteroatoms. The van der Waals surface area contributed by atoms with Gasteiger partial charge in [0.2, 0.25) is 0 Å². The molecule has 0 amide bonds. The van der Waals surface area contributed by atoms with E-state index in [9.17, 15) is 4.79 Å². The summed E-state index contributed by atoms with van der Waals surface area (Å²) in [5.74, 6) is 8.76. The average molecular weight is 587 g/mol. The molecule has 1 heterocycles. The maximum atomic E-state index is 12.7. The van der Waals surface area contributed by atoms with E-state index in [1.54, 1.807) is 23.5 Å². The molecule has 5 fully saturated rings. The van der Waals surface area contributed by atoms with Gasteiger partial charge in [0.05, 0.1) is 0 Å². The largest absolute Gasteiger partial charge is 0.461 e. The van der Waals surface area contributed by atoms with Crippen LogP contribution in [-0.4, -0.2) is 33.9 Å². The molecule has 4 aliphatic carbocycles. The summed E-state index contributed by atoms with van der Waals surface area (Å²) in [5.41, 5.74) is 1.02. The molecule has 4 saturated carbocycles. The molecule has 5 aliphatic rings. The van der Waals surface area contributed by atoms with E-state index in [0.717, 1.165) is 59.9 Å². The molecular weight excluding hydrogens is 537 g/mol. The fourth-order valence-electron chi connectivity index (χ4n) is 10.3. The van der Waals surface area contributed by atoms with Crippen LogP contribution in [0.25, 0.3) is 0 Å². The fraction of sp³-hybridized carbons (Fsp3) is 0.794. The Balaban J connectivity index is 1.04. The van der Waals surface area contributed by atoms with Crippen molar-refractivity contribution in [3.8, 4) is 0 Å². The van der Waals surface area contributed by atoms with Gasteiger partial charge in [0.25, 0.3) is 0 Å². The number of thioether (sulfide) groups is 3. The predicted octanol–water partition coefficient (Wildman–Crippen LogP) is 9.57. The summed E-state index contributed by atoms with van der Waals surface area (Å²) in [6.07, 6.45) is 15.0. The highest BCUT2D eigenvalue weighted by Gasteiger charge is 2.60. The summed E-state index contributed by atoms with van der Waals surface area (Å²) < 4.78 is 6.15. The Bertz CT molecular complexity index is 980. The Morgan fingerprint density at radius 1 is 0.974 bits per heavy atom. The topological polar surface area (TPSA) is 26.3 Å². The van der Waals surface area contributed by atoms with E-state index in [1.807, 2.05) is 11.8 Å². The molecule has 1 aliphatic heterocycles. The Morgan fingerprint density at radius 3 is 2.51 bits per heavy atom. The molecule has 2 nitrogen and oxygen atoms in total. The van der Waals surface area contributed by atoms with Crippen LogP contribution in [0.4, 0.5) is 0 Å². The minimum Gasteiger partial charge on any atom is -0.461 e. The van der Waals surface area contributed by atoms with Gasteiger partial charge in [-0.15, -0.1) is 35.3 Å². The van der Waals surface area contributed by atoms with Gasteiger partial charge in [-0.2, -0.15) is 0 Å². The molecule has 39 heavy (non-hydrogen) atoms. The molecule has 0 aromatic heterocycles. The minimum absolute atomic E-state index is 0.0328. The van der Waals surface area contributed by atoms with Gasteiger partial charge in [-0.1, -0.05) is 39.0 Å². The summed E-state index contributed by atoms with van der Waals surface area (Å²) in [7, 11) is 0. The number of carbonyl (C=O) groups is 1. The van der Waals surface area contributed by atoms with Crippen LogP contribution in [0.3, 0.4) is 0 Å². The molecule has 9 atom stereocenters. The van der Waals surface area contributed by atoms with E-state index in [-0.39, 0.29) is 16.7 Å². The quantitative estimate of drug-likeness (QED) is 0.172. The van der Waals surface area contributed by atoms with Gasteiger partial charge in [-0.05, 0) is 135 Å². The molecular formula is C34H50O2S3. The summed E-state index contributed by atoms with van der Waals surface area (Å²) >= 11 is 5.59. The molecule has 1 saturated heterocycles. The second kappa shape index (κ2) is 12.2. The number of esters is 1. The van der Waals surface area contributed by atoms with Crippen LogP contribution in [0, 0.1) is 46.3 Å². The van der Waals surface area contributed by atoms with Crippen molar-refractivity contribution >= 4 is 41.3 Å². The van der Waals surface area contributed by atoms with Gasteiger partial charge in [0.1, 0.15) is 10.7 Å². The van der Waals surface area contributed by atoms with Crippen molar-refractivity contribution in [3.63, 3.8) is 0 Å². The lowest BCUT2D eigenvalue weighted by Gasteiger charge is -2.61. The zero-order valence-corrected chi connectivity index (χ0v) is 26.9. The Morgan fingerprint density at radius 2 is 1.72 bits per heavy atom. The first-order chi connectivity index (χ1) is 18.9. The van der Waals surface area contributed by atoms with Crippen LogP contribution >= 0.6 is 35.3 Å². The number of hydrogen-bond acceptors (Lipinski definition) is 5. The van der Waals surface area contributed by atoms with Gasteiger partial charge < -0.3 is 4.74 Å². The lowest BCUT2D eigenvalue weighted by molar-refractivity contribution is -0.160. The molecule has 6 rings (SSSR count). The van der Waals surface area contributed by atoms with E-state index >= 15 is 0 Å². The normalized spacial score (nSPS) is 40.9. The lowest BCUT2D eigenvalue weighted by atomic mass is 9.44. The first-order valence-electron chi connectivity index (χ1n) is 16.0. The predicted molar refractivity (Wildman–Crippen MR) is 169 cm³/mol. The fourth-order valence-corrected chi connectivity index (χ4v) is 13.8. The van der Waals surface area contributed by atoms with Crippen molar-refractivity contribution in [1.29, 1.82) is 0 Å². The third-order valence-corrected chi connectivity index (χ3v) is 16.3. The standard InChI is InChI=1S/C34H50O2S3/c1-23(8-7-19-37-26-9-5-4-6-10-26)28-13-14-29-27-12-11-24-22-25(36-31(35)32-38-20-21-39-32)15-17-33(24,2)30(27)16-18-34(28,29)3/h4-6,9-10,23-25,27-30,32H,7-8,11-22H2,1-3H3/t23-,24-,25-,27+,28-,29+,30+,33+,34-/m1/s1. The number of fused-ring (bicyclic) bond motifs is 5. The summed E-state index contributed by atoms with van der Waals surface area (Å²) in [4.78, 5) is 14.1. The maximum absolute atomic E-state index is 12.7. The molecule has 1 aromatic rings. The van der Waals surface area contributed by atoms with Crippen molar-refractivity contribution in [2.45, 2.75) is 107 Å². The van der Waals surface area contributed by atoms with E-state index in [2.05, 4.69) is 51.1 Å². The first kappa shape index (κ1) is 28.8. The summed E-state index contributed by atoms with van der Waals surface area (Å²) in [6, 6.07) is 10.9.